The summed E-state index contributed by atoms with van der Waals surface area (Å²) in [5.74, 6) is -0.605. The molecule has 1 aliphatic heterocycles. The number of rotatable bonds is 3. The second-order valence-electron chi connectivity index (χ2n) is 4.87. The molecule has 0 unspecified atom stereocenters. The standard InChI is InChI=1S/C16H14N2O5/c1-2-22-16(21)12-13(17)9(20)6-11-15(12)18-14-8(7-19)4-3-5-10(14)23-11/h3-6,19H,2,7,17H2,1H3. The zero-order chi connectivity index (χ0) is 16.6. The molecule has 0 aromatic heterocycles. The minimum absolute atomic E-state index is 0.118. The lowest BCUT2D eigenvalue weighted by Gasteiger charge is -2.13. The number of para-hydroxylation sites is 1. The summed E-state index contributed by atoms with van der Waals surface area (Å²) in [4.78, 5) is 28.5. The van der Waals surface area contributed by atoms with Crippen molar-refractivity contribution in [3.05, 3.63) is 45.6 Å². The van der Waals surface area contributed by atoms with Gasteiger partial charge >= 0.3 is 5.97 Å². The predicted molar refractivity (Wildman–Crippen MR) is 83.2 cm³/mol. The maximum atomic E-state index is 12.2. The molecule has 7 nitrogen and oxygen atoms in total. The minimum Gasteiger partial charge on any atom is -0.462 e. The number of benzene rings is 2. The molecule has 3 rings (SSSR count). The number of hydrogen-bond donors (Lipinski definition) is 2. The normalized spacial score (nSPS) is 11.0. The van der Waals surface area contributed by atoms with Crippen LogP contribution in [0.3, 0.4) is 0 Å². The van der Waals surface area contributed by atoms with Gasteiger partial charge in [-0.2, -0.15) is 0 Å². The van der Waals surface area contributed by atoms with E-state index in [9.17, 15) is 14.7 Å². The van der Waals surface area contributed by atoms with Crippen LogP contribution in [0.4, 0.5) is 5.69 Å². The van der Waals surface area contributed by atoms with Gasteiger partial charge in [0, 0.05) is 11.6 Å². The van der Waals surface area contributed by atoms with Crippen molar-refractivity contribution in [2.45, 2.75) is 13.5 Å². The summed E-state index contributed by atoms with van der Waals surface area (Å²) in [6, 6.07) is 6.23. The van der Waals surface area contributed by atoms with E-state index in [4.69, 9.17) is 14.9 Å². The Morgan fingerprint density at radius 1 is 1.43 bits per heavy atom. The lowest BCUT2D eigenvalue weighted by Crippen LogP contribution is -2.19. The van der Waals surface area contributed by atoms with Gasteiger partial charge in [-0.1, -0.05) is 12.1 Å². The van der Waals surface area contributed by atoms with Crippen molar-refractivity contribution in [2.24, 2.45) is 0 Å². The summed E-state index contributed by atoms with van der Waals surface area (Å²) in [7, 11) is 0. The Labute approximate surface area is 130 Å². The van der Waals surface area contributed by atoms with E-state index in [2.05, 4.69) is 4.98 Å². The van der Waals surface area contributed by atoms with Gasteiger partial charge in [-0.3, -0.25) is 4.79 Å². The van der Waals surface area contributed by atoms with E-state index in [1.54, 1.807) is 25.1 Å². The molecule has 0 saturated carbocycles. The quantitative estimate of drug-likeness (QED) is 0.428. The summed E-state index contributed by atoms with van der Waals surface area (Å²) in [5.41, 5.74) is 6.31. The lowest BCUT2D eigenvalue weighted by atomic mass is 10.1. The Bertz CT molecular complexity index is 932. The monoisotopic (exact) mass is 314 g/mol. The maximum Gasteiger partial charge on any atom is 0.342 e. The third-order valence-electron chi connectivity index (χ3n) is 3.44. The van der Waals surface area contributed by atoms with Crippen molar-refractivity contribution in [2.75, 3.05) is 12.3 Å². The van der Waals surface area contributed by atoms with Gasteiger partial charge in [0.25, 0.3) is 0 Å². The van der Waals surface area contributed by atoms with Crippen LogP contribution in [0.1, 0.15) is 22.8 Å². The van der Waals surface area contributed by atoms with E-state index >= 15 is 0 Å². The summed E-state index contributed by atoms with van der Waals surface area (Å²) in [6.07, 6.45) is 0. The van der Waals surface area contributed by atoms with E-state index < -0.39 is 11.4 Å². The topological polar surface area (TPSA) is 116 Å². The first-order chi connectivity index (χ1) is 11.1. The SMILES string of the molecule is CCOC(=O)c1c2nc3c(CO)cccc3oc-2cc(=O)c1N. The Hall–Kier alpha value is -2.93. The highest BCUT2D eigenvalue weighted by atomic mass is 16.5. The van der Waals surface area contributed by atoms with Gasteiger partial charge in [0.2, 0.25) is 5.43 Å². The molecule has 0 radical (unpaired) electrons. The molecule has 0 atom stereocenters. The van der Waals surface area contributed by atoms with E-state index in [1.807, 2.05) is 0 Å². The number of ether oxygens (including phenoxy) is 1. The minimum atomic E-state index is -0.740. The number of nitrogen functional groups attached to an aromatic ring is 1. The fraction of sp³-hybridized carbons (Fsp3) is 0.188. The molecule has 2 aliphatic rings. The molecule has 0 bridgehead atoms. The van der Waals surface area contributed by atoms with Gasteiger partial charge < -0.3 is 20.0 Å². The van der Waals surface area contributed by atoms with Crippen molar-refractivity contribution in [1.29, 1.82) is 0 Å². The van der Waals surface area contributed by atoms with Crippen LogP contribution in [0.25, 0.3) is 22.6 Å². The number of aromatic nitrogens is 1. The summed E-state index contributed by atoms with van der Waals surface area (Å²) in [6.45, 7) is 1.54. The van der Waals surface area contributed by atoms with Gasteiger partial charge in [-0.05, 0) is 13.0 Å². The number of carbonyl (C=O) groups is 1. The van der Waals surface area contributed by atoms with Crippen molar-refractivity contribution in [3.63, 3.8) is 0 Å². The Kier molecular flexibility index (Phi) is 3.71. The van der Waals surface area contributed by atoms with Crippen molar-refractivity contribution in [1.82, 2.24) is 4.98 Å². The zero-order valence-electron chi connectivity index (χ0n) is 12.3. The number of aliphatic hydroxyl groups excluding tert-OH is 1. The summed E-state index contributed by atoms with van der Waals surface area (Å²) in [5, 5.41) is 9.42. The molecule has 1 aromatic carbocycles. The number of hydrogen-bond acceptors (Lipinski definition) is 7. The molecule has 0 saturated heterocycles. The van der Waals surface area contributed by atoms with Crippen LogP contribution >= 0.6 is 0 Å². The van der Waals surface area contributed by atoms with Crippen LogP contribution in [0, 0.1) is 0 Å². The highest BCUT2D eigenvalue weighted by molar-refractivity contribution is 6.02. The van der Waals surface area contributed by atoms with Gasteiger partial charge in [-0.25, -0.2) is 9.78 Å². The van der Waals surface area contributed by atoms with Gasteiger partial charge in [0.15, 0.2) is 11.3 Å². The van der Waals surface area contributed by atoms with Crippen LogP contribution in [-0.2, 0) is 11.3 Å². The molecule has 0 fully saturated rings. The highest BCUT2D eigenvalue weighted by Crippen LogP contribution is 2.31. The number of carbonyl (C=O) groups excluding carboxylic acids is 1. The molecule has 1 aromatic rings. The van der Waals surface area contributed by atoms with Crippen LogP contribution in [-0.4, -0.2) is 22.7 Å². The number of anilines is 1. The van der Waals surface area contributed by atoms with Crippen LogP contribution < -0.4 is 11.2 Å². The fourth-order valence-electron chi connectivity index (χ4n) is 2.37. The maximum absolute atomic E-state index is 12.2. The summed E-state index contributed by atoms with van der Waals surface area (Å²) >= 11 is 0. The average Bonchev–Trinajstić information content (AvgIpc) is 2.54. The van der Waals surface area contributed by atoms with Crippen LogP contribution in [0.2, 0.25) is 0 Å². The molecule has 0 amide bonds. The van der Waals surface area contributed by atoms with Crippen LogP contribution in [0.5, 0.6) is 0 Å². The predicted octanol–water partition coefficient (Wildman–Crippen LogP) is 1.54. The largest absolute Gasteiger partial charge is 0.462 e. The first-order valence-electron chi connectivity index (χ1n) is 6.99. The summed E-state index contributed by atoms with van der Waals surface area (Å²) < 4.78 is 10.6. The highest BCUT2D eigenvalue weighted by Gasteiger charge is 2.25. The molecule has 1 heterocycles. The van der Waals surface area contributed by atoms with E-state index in [0.717, 1.165) is 0 Å². The smallest absolute Gasteiger partial charge is 0.342 e. The fourth-order valence-corrected chi connectivity index (χ4v) is 2.37. The second-order valence-corrected chi connectivity index (χ2v) is 4.87. The van der Waals surface area contributed by atoms with Gasteiger partial charge in [0.1, 0.15) is 16.8 Å². The third kappa shape index (κ3) is 2.40. The Morgan fingerprint density at radius 2 is 2.22 bits per heavy atom. The average molecular weight is 314 g/mol. The molecular weight excluding hydrogens is 300 g/mol. The Balaban J connectivity index is 2.42. The van der Waals surface area contributed by atoms with Crippen LogP contribution in [0.15, 0.2) is 33.5 Å². The second kappa shape index (κ2) is 5.69. The number of aliphatic hydroxyl groups is 1. The number of esters is 1. The first kappa shape index (κ1) is 15.0. The molecule has 118 valence electrons. The molecule has 0 spiro atoms. The van der Waals surface area contributed by atoms with Gasteiger partial charge in [0.05, 0.1) is 18.9 Å². The number of nitrogens with two attached hydrogens (primary N) is 1. The molecule has 3 N–H and O–H groups in total. The number of nitrogens with zero attached hydrogens (tertiary/aromatic N) is 1. The number of fused-ring (bicyclic) bond motifs is 2. The molecule has 1 aliphatic carbocycles. The first-order valence-corrected chi connectivity index (χ1v) is 6.99. The Morgan fingerprint density at radius 3 is 2.91 bits per heavy atom. The lowest BCUT2D eigenvalue weighted by molar-refractivity contribution is 0.0528. The zero-order valence-corrected chi connectivity index (χ0v) is 12.3. The van der Waals surface area contributed by atoms with E-state index in [1.165, 1.54) is 6.07 Å². The van der Waals surface area contributed by atoms with Crippen molar-refractivity contribution >= 4 is 22.8 Å². The van der Waals surface area contributed by atoms with Crippen molar-refractivity contribution < 1.29 is 19.1 Å². The van der Waals surface area contributed by atoms with E-state index in [0.29, 0.717) is 16.7 Å². The molecule has 23 heavy (non-hydrogen) atoms. The van der Waals surface area contributed by atoms with Crippen molar-refractivity contribution in [3.8, 4) is 11.5 Å². The molecule has 7 heteroatoms. The third-order valence-corrected chi connectivity index (χ3v) is 3.44. The molecular formula is C16H14N2O5. The van der Waals surface area contributed by atoms with Gasteiger partial charge in [-0.15, -0.1) is 0 Å². The van der Waals surface area contributed by atoms with E-state index in [-0.39, 0.29) is 35.9 Å².